The molecule has 2 aliphatic rings. The number of pyridine rings is 1. The number of rotatable bonds is 6. The Morgan fingerprint density at radius 1 is 1.00 bits per heavy atom. The number of anilines is 3. The summed E-state index contributed by atoms with van der Waals surface area (Å²) in [4.78, 5) is 23.2. The fourth-order valence-corrected chi connectivity index (χ4v) is 5.22. The lowest BCUT2D eigenvalue weighted by Crippen LogP contribution is -2.49. The van der Waals surface area contributed by atoms with Gasteiger partial charge in [0.2, 0.25) is 0 Å². The summed E-state index contributed by atoms with van der Waals surface area (Å²) in [7, 11) is 0. The smallest absolute Gasteiger partial charge is 0.162 e. The van der Waals surface area contributed by atoms with Gasteiger partial charge in [0.25, 0.3) is 0 Å². The number of nitrogens with zero attached hydrogens (tertiary/aromatic N) is 5. The van der Waals surface area contributed by atoms with E-state index < -0.39 is 0 Å². The number of hydrogen-bond acceptors (Lipinski definition) is 8. The first-order valence-electron chi connectivity index (χ1n) is 12.8. The van der Waals surface area contributed by atoms with Crippen molar-refractivity contribution in [3.63, 3.8) is 0 Å². The van der Waals surface area contributed by atoms with Crippen molar-refractivity contribution in [1.29, 1.82) is 0 Å². The molecule has 4 aromatic rings. The molecule has 1 saturated carbocycles. The van der Waals surface area contributed by atoms with Crippen molar-refractivity contribution < 1.29 is 0 Å². The molecular formula is C28H32N8. The fourth-order valence-electron chi connectivity index (χ4n) is 5.22. The molecule has 1 aromatic carbocycles. The van der Waals surface area contributed by atoms with Gasteiger partial charge in [0.1, 0.15) is 11.6 Å². The van der Waals surface area contributed by atoms with E-state index in [0.29, 0.717) is 23.6 Å². The molecule has 184 valence electrons. The van der Waals surface area contributed by atoms with E-state index in [0.717, 1.165) is 47.5 Å². The van der Waals surface area contributed by atoms with E-state index in [-0.39, 0.29) is 5.41 Å². The van der Waals surface area contributed by atoms with Crippen LogP contribution in [0.3, 0.4) is 0 Å². The third-order valence-corrected chi connectivity index (χ3v) is 7.58. The standard InChI is InChI=1S/C28H32N8/c1-28(2)17-30-10-9-23(28)35-27-25-21(18-5-3-6-18)14-31-15-22(25)34-26(36-27)19-7-4-8-20(13-19)33-24-16-29-11-12-32-24/h4,7-8,11-16,18,23,30H,3,5-6,9-10,17H2,1-2H3,(H,32,33)(H,34,35,36). The van der Waals surface area contributed by atoms with Crippen molar-refractivity contribution in [2.75, 3.05) is 23.7 Å². The average molecular weight is 481 g/mol. The number of piperidine rings is 1. The molecule has 6 rings (SSSR count). The van der Waals surface area contributed by atoms with Crippen LogP contribution < -0.4 is 16.0 Å². The van der Waals surface area contributed by atoms with E-state index in [1.165, 1.54) is 24.8 Å². The molecule has 36 heavy (non-hydrogen) atoms. The monoisotopic (exact) mass is 480 g/mol. The van der Waals surface area contributed by atoms with E-state index in [1.807, 2.05) is 30.6 Å². The van der Waals surface area contributed by atoms with Crippen LogP contribution in [-0.4, -0.2) is 44.1 Å². The quantitative estimate of drug-likeness (QED) is 0.342. The molecule has 1 saturated heterocycles. The molecule has 0 radical (unpaired) electrons. The zero-order valence-corrected chi connectivity index (χ0v) is 20.8. The fraction of sp³-hybridized carbons (Fsp3) is 0.393. The molecule has 3 N–H and O–H groups in total. The maximum absolute atomic E-state index is 5.15. The summed E-state index contributed by atoms with van der Waals surface area (Å²) in [6, 6.07) is 8.43. The maximum atomic E-state index is 5.15. The molecular weight excluding hydrogens is 448 g/mol. The Hall–Kier alpha value is -3.65. The van der Waals surface area contributed by atoms with Crippen LogP contribution in [0.25, 0.3) is 22.3 Å². The molecule has 0 bridgehead atoms. The van der Waals surface area contributed by atoms with Gasteiger partial charge >= 0.3 is 0 Å². The molecule has 1 aliphatic heterocycles. The number of hydrogen-bond donors (Lipinski definition) is 3. The first kappa shape index (κ1) is 22.8. The molecule has 8 heteroatoms. The van der Waals surface area contributed by atoms with Crippen LogP contribution in [0.1, 0.15) is 51.0 Å². The van der Waals surface area contributed by atoms with Crippen LogP contribution in [-0.2, 0) is 0 Å². The van der Waals surface area contributed by atoms with Crippen molar-refractivity contribution in [3.8, 4) is 11.4 Å². The summed E-state index contributed by atoms with van der Waals surface area (Å²) in [5.74, 6) is 2.84. The summed E-state index contributed by atoms with van der Waals surface area (Å²) in [5.41, 5.74) is 4.13. The van der Waals surface area contributed by atoms with E-state index >= 15 is 0 Å². The van der Waals surface area contributed by atoms with Gasteiger partial charge < -0.3 is 16.0 Å². The van der Waals surface area contributed by atoms with Gasteiger partial charge in [-0.15, -0.1) is 0 Å². The highest BCUT2D eigenvalue weighted by Gasteiger charge is 2.33. The van der Waals surface area contributed by atoms with E-state index in [4.69, 9.17) is 9.97 Å². The second kappa shape index (κ2) is 9.43. The molecule has 2 fully saturated rings. The van der Waals surface area contributed by atoms with E-state index in [9.17, 15) is 0 Å². The molecule has 4 heterocycles. The minimum atomic E-state index is 0.111. The lowest BCUT2D eigenvalue weighted by molar-refractivity contribution is 0.236. The minimum Gasteiger partial charge on any atom is -0.366 e. The molecule has 0 amide bonds. The number of benzene rings is 1. The van der Waals surface area contributed by atoms with Gasteiger partial charge in [-0.2, -0.15) is 0 Å². The van der Waals surface area contributed by atoms with Crippen LogP contribution >= 0.6 is 0 Å². The second-order valence-corrected chi connectivity index (χ2v) is 10.6. The Morgan fingerprint density at radius 3 is 2.69 bits per heavy atom. The normalized spacial score (nSPS) is 19.6. The van der Waals surface area contributed by atoms with Crippen LogP contribution in [0.2, 0.25) is 0 Å². The highest BCUT2D eigenvalue weighted by molar-refractivity contribution is 5.93. The van der Waals surface area contributed by atoms with Gasteiger partial charge in [0, 0.05) is 47.8 Å². The molecule has 8 nitrogen and oxygen atoms in total. The van der Waals surface area contributed by atoms with Crippen molar-refractivity contribution in [2.24, 2.45) is 5.41 Å². The van der Waals surface area contributed by atoms with Gasteiger partial charge in [-0.3, -0.25) is 9.97 Å². The van der Waals surface area contributed by atoms with Crippen molar-refractivity contribution >= 4 is 28.2 Å². The van der Waals surface area contributed by atoms with Crippen LogP contribution in [0.5, 0.6) is 0 Å². The third-order valence-electron chi connectivity index (χ3n) is 7.58. The Morgan fingerprint density at radius 2 is 1.92 bits per heavy atom. The number of nitrogens with one attached hydrogen (secondary N) is 3. The van der Waals surface area contributed by atoms with Crippen LogP contribution in [0.15, 0.2) is 55.2 Å². The Labute approximate surface area is 211 Å². The maximum Gasteiger partial charge on any atom is 0.162 e. The summed E-state index contributed by atoms with van der Waals surface area (Å²) < 4.78 is 0. The van der Waals surface area contributed by atoms with Crippen molar-refractivity contribution in [1.82, 2.24) is 30.2 Å². The third kappa shape index (κ3) is 4.48. The Kier molecular flexibility index (Phi) is 5.97. The summed E-state index contributed by atoms with van der Waals surface area (Å²) in [5, 5.41) is 11.9. The molecule has 1 atom stereocenters. The molecule has 3 aromatic heterocycles. The lowest BCUT2D eigenvalue weighted by Gasteiger charge is -2.40. The zero-order chi connectivity index (χ0) is 24.5. The van der Waals surface area contributed by atoms with Gasteiger partial charge in [0.15, 0.2) is 5.82 Å². The van der Waals surface area contributed by atoms with Crippen molar-refractivity contribution in [2.45, 2.75) is 51.5 Å². The Balaban J connectivity index is 1.43. The first-order valence-corrected chi connectivity index (χ1v) is 12.8. The van der Waals surface area contributed by atoms with Gasteiger partial charge in [-0.1, -0.05) is 32.4 Å². The zero-order valence-electron chi connectivity index (χ0n) is 20.8. The van der Waals surface area contributed by atoms with E-state index in [1.54, 1.807) is 18.6 Å². The van der Waals surface area contributed by atoms with Crippen molar-refractivity contribution in [3.05, 3.63) is 60.8 Å². The molecule has 0 spiro atoms. The minimum absolute atomic E-state index is 0.111. The summed E-state index contributed by atoms with van der Waals surface area (Å²) in [6.07, 6.45) is 13.7. The lowest BCUT2D eigenvalue weighted by atomic mass is 9.78. The second-order valence-electron chi connectivity index (χ2n) is 10.6. The number of fused-ring (bicyclic) bond motifs is 1. The van der Waals surface area contributed by atoms with Crippen LogP contribution in [0, 0.1) is 5.41 Å². The van der Waals surface area contributed by atoms with Crippen LogP contribution in [0.4, 0.5) is 17.3 Å². The highest BCUT2D eigenvalue weighted by Crippen LogP contribution is 2.42. The van der Waals surface area contributed by atoms with Gasteiger partial charge in [-0.25, -0.2) is 15.0 Å². The highest BCUT2D eigenvalue weighted by atomic mass is 15.1. The predicted octanol–water partition coefficient (Wildman–Crippen LogP) is 5.29. The molecule has 1 unspecified atom stereocenters. The summed E-state index contributed by atoms with van der Waals surface area (Å²) in [6.45, 7) is 6.62. The van der Waals surface area contributed by atoms with E-state index in [2.05, 4.69) is 50.8 Å². The predicted molar refractivity (Wildman–Crippen MR) is 143 cm³/mol. The Bertz CT molecular complexity index is 1370. The average Bonchev–Trinajstić information content (AvgIpc) is 2.85. The van der Waals surface area contributed by atoms with Gasteiger partial charge in [-0.05, 0) is 54.8 Å². The number of aromatic nitrogens is 5. The largest absolute Gasteiger partial charge is 0.366 e. The SMILES string of the molecule is CC1(C)CNCCC1Nc1nc(-c2cccc(Nc3cnccn3)c2)nc2cncc(C3CCC3)c12. The summed E-state index contributed by atoms with van der Waals surface area (Å²) >= 11 is 0. The van der Waals surface area contributed by atoms with Gasteiger partial charge in [0.05, 0.1) is 17.9 Å². The first-order chi connectivity index (χ1) is 17.6. The molecule has 1 aliphatic carbocycles. The topological polar surface area (TPSA) is 101 Å².